The summed E-state index contributed by atoms with van der Waals surface area (Å²) in [7, 11) is 0. The van der Waals surface area contributed by atoms with Crippen molar-refractivity contribution in [2.75, 3.05) is 11.9 Å². The van der Waals surface area contributed by atoms with E-state index in [1.54, 1.807) is 0 Å². The fourth-order valence-electron chi connectivity index (χ4n) is 1.50. The minimum atomic E-state index is -0.454. The third-order valence-electron chi connectivity index (χ3n) is 2.43. The smallest absolute Gasteiger partial charge is 0.147 e. The average molecular weight is 306 g/mol. The molecule has 0 radical (unpaired) electrons. The molecule has 0 amide bonds. The van der Waals surface area contributed by atoms with Crippen molar-refractivity contribution in [3.05, 3.63) is 28.2 Å². The van der Waals surface area contributed by atoms with E-state index in [1.807, 2.05) is 0 Å². The Kier molecular flexibility index (Phi) is 4.92. The number of nitrogens with one attached hydrogen (secondary N) is 1. The van der Waals surface area contributed by atoms with Gasteiger partial charge in [-0.25, -0.2) is 8.78 Å². The Hall–Kier alpha value is -0.640. The Morgan fingerprint density at radius 3 is 2.41 bits per heavy atom. The molecule has 96 valence electrons. The fourth-order valence-corrected chi connectivity index (χ4v) is 1.82. The molecular weight excluding hydrogens is 288 g/mol. The SMILES string of the molecule is CC(C)(C)CCCNc1cc(F)c(Br)cc1F. The number of benzene rings is 1. The fraction of sp³-hybridized carbons (Fsp3) is 0.538. The van der Waals surface area contributed by atoms with Gasteiger partial charge >= 0.3 is 0 Å². The van der Waals surface area contributed by atoms with Crippen LogP contribution in [0.5, 0.6) is 0 Å². The van der Waals surface area contributed by atoms with Crippen LogP contribution in [0.1, 0.15) is 33.6 Å². The largest absolute Gasteiger partial charge is 0.383 e. The molecule has 0 aliphatic heterocycles. The minimum Gasteiger partial charge on any atom is -0.383 e. The summed E-state index contributed by atoms with van der Waals surface area (Å²) < 4.78 is 26.8. The molecule has 0 unspecified atom stereocenters. The third-order valence-corrected chi connectivity index (χ3v) is 3.04. The lowest BCUT2D eigenvalue weighted by Crippen LogP contribution is -2.10. The van der Waals surface area contributed by atoms with Crippen molar-refractivity contribution in [3.63, 3.8) is 0 Å². The lowest BCUT2D eigenvalue weighted by molar-refractivity contribution is 0.370. The van der Waals surface area contributed by atoms with Crippen LogP contribution < -0.4 is 5.32 Å². The quantitative estimate of drug-likeness (QED) is 0.612. The van der Waals surface area contributed by atoms with Gasteiger partial charge in [-0.05, 0) is 40.3 Å². The van der Waals surface area contributed by atoms with E-state index >= 15 is 0 Å². The van der Waals surface area contributed by atoms with Crippen molar-refractivity contribution in [3.8, 4) is 0 Å². The number of hydrogen-bond acceptors (Lipinski definition) is 1. The van der Waals surface area contributed by atoms with Gasteiger partial charge in [0.05, 0.1) is 10.2 Å². The molecule has 0 saturated carbocycles. The molecule has 0 saturated heterocycles. The lowest BCUT2D eigenvalue weighted by Gasteiger charge is -2.18. The highest BCUT2D eigenvalue weighted by molar-refractivity contribution is 9.10. The van der Waals surface area contributed by atoms with Gasteiger partial charge in [-0.1, -0.05) is 20.8 Å². The molecule has 0 atom stereocenters. The second-order valence-corrected chi connectivity index (χ2v) is 6.19. The molecular formula is C13H18BrF2N. The average Bonchev–Trinajstić information content (AvgIpc) is 2.18. The zero-order valence-corrected chi connectivity index (χ0v) is 12.0. The van der Waals surface area contributed by atoms with Crippen LogP contribution in [0.25, 0.3) is 0 Å². The number of hydrogen-bond donors (Lipinski definition) is 1. The summed E-state index contributed by atoms with van der Waals surface area (Å²) in [4.78, 5) is 0. The Morgan fingerprint density at radius 1 is 1.18 bits per heavy atom. The summed E-state index contributed by atoms with van der Waals surface area (Å²) in [6, 6.07) is 2.32. The van der Waals surface area contributed by atoms with Crippen molar-refractivity contribution < 1.29 is 8.78 Å². The van der Waals surface area contributed by atoms with Crippen molar-refractivity contribution in [1.29, 1.82) is 0 Å². The number of rotatable bonds is 4. The molecule has 4 heteroatoms. The highest BCUT2D eigenvalue weighted by atomic mass is 79.9. The van der Waals surface area contributed by atoms with Crippen LogP contribution in [0.15, 0.2) is 16.6 Å². The van der Waals surface area contributed by atoms with E-state index in [2.05, 4.69) is 42.0 Å². The Bertz CT molecular complexity index is 386. The monoisotopic (exact) mass is 305 g/mol. The molecule has 1 rings (SSSR count). The van der Waals surface area contributed by atoms with Crippen LogP contribution >= 0.6 is 15.9 Å². The van der Waals surface area contributed by atoms with Crippen LogP contribution in [0, 0.1) is 17.0 Å². The molecule has 0 aromatic heterocycles. The van der Waals surface area contributed by atoms with E-state index in [-0.39, 0.29) is 15.6 Å². The van der Waals surface area contributed by atoms with Gasteiger partial charge < -0.3 is 5.32 Å². The molecule has 0 spiro atoms. The molecule has 0 aliphatic carbocycles. The molecule has 17 heavy (non-hydrogen) atoms. The second kappa shape index (κ2) is 5.80. The summed E-state index contributed by atoms with van der Waals surface area (Å²) in [5, 5.41) is 2.92. The maximum absolute atomic E-state index is 13.4. The molecule has 0 fully saturated rings. The van der Waals surface area contributed by atoms with Crippen molar-refractivity contribution in [1.82, 2.24) is 0 Å². The van der Waals surface area contributed by atoms with Crippen molar-refractivity contribution in [2.45, 2.75) is 33.6 Å². The van der Waals surface area contributed by atoms with E-state index in [0.717, 1.165) is 18.9 Å². The van der Waals surface area contributed by atoms with E-state index < -0.39 is 11.6 Å². The maximum atomic E-state index is 13.4. The second-order valence-electron chi connectivity index (χ2n) is 5.34. The van der Waals surface area contributed by atoms with Gasteiger partial charge in [0.2, 0.25) is 0 Å². The van der Waals surface area contributed by atoms with Gasteiger partial charge in [-0.2, -0.15) is 0 Å². The Labute approximate surface area is 110 Å². The van der Waals surface area contributed by atoms with Crippen LogP contribution in [0.4, 0.5) is 14.5 Å². The Balaban J connectivity index is 2.50. The first-order valence-corrected chi connectivity index (χ1v) is 6.47. The van der Waals surface area contributed by atoms with E-state index in [0.29, 0.717) is 6.54 Å². The summed E-state index contributed by atoms with van der Waals surface area (Å²) in [6.45, 7) is 7.13. The summed E-state index contributed by atoms with van der Waals surface area (Å²) in [6.07, 6.45) is 1.97. The minimum absolute atomic E-state index is 0.148. The van der Waals surface area contributed by atoms with Crippen LogP contribution in [-0.4, -0.2) is 6.54 Å². The van der Waals surface area contributed by atoms with Crippen molar-refractivity contribution >= 4 is 21.6 Å². The maximum Gasteiger partial charge on any atom is 0.147 e. The molecule has 0 bridgehead atoms. The van der Waals surface area contributed by atoms with Crippen LogP contribution in [0.3, 0.4) is 0 Å². The van der Waals surface area contributed by atoms with Crippen LogP contribution in [0.2, 0.25) is 0 Å². The standard InChI is InChI=1S/C13H18BrF2N/c1-13(2,3)5-4-6-17-12-8-10(15)9(14)7-11(12)16/h7-8,17H,4-6H2,1-3H3. The third kappa shape index (κ3) is 5.02. The number of halogens is 3. The highest BCUT2D eigenvalue weighted by Crippen LogP contribution is 2.24. The van der Waals surface area contributed by atoms with Gasteiger partial charge in [0.1, 0.15) is 11.6 Å². The van der Waals surface area contributed by atoms with Gasteiger partial charge in [-0.3, -0.25) is 0 Å². The van der Waals surface area contributed by atoms with Gasteiger partial charge in [0, 0.05) is 12.6 Å². The predicted octanol–water partition coefficient (Wildman–Crippen LogP) is 4.97. The molecule has 1 nitrogen and oxygen atoms in total. The van der Waals surface area contributed by atoms with Crippen LogP contribution in [-0.2, 0) is 0 Å². The van der Waals surface area contributed by atoms with E-state index in [4.69, 9.17) is 0 Å². The van der Waals surface area contributed by atoms with Gasteiger partial charge in [0.15, 0.2) is 0 Å². The first-order chi connectivity index (χ1) is 7.79. The molecule has 1 N–H and O–H groups in total. The summed E-state index contributed by atoms with van der Waals surface area (Å²) in [5.41, 5.74) is 0.491. The zero-order chi connectivity index (χ0) is 13.1. The van der Waals surface area contributed by atoms with Gasteiger partial charge in [-0.15, -0.1) is 0 Å². The zero-order valence-electron chi connectivity index (χ0n) is 10.4. The predicted molar refractivity (Wildman–Crippen MR) is 71.2 cm³/mol. The molecule has 1 aromatic carbocycles. The van der Waals surface area contributed by atoms with Crippen molar-refractivity contribution in [2.24, 2.45) is 5.41 Å². The highest BCUT2D eigenvalue weighted by Gasteiger charge is 2.10. The first kappa shape index (κ1) is 14.4. The number of anilines is 1. The molecule has 0 heterocycles. The topological polar surface area (TPSA) is 12.0 Å². The summed E-state index contributed by atoms with van der Waals surface area (Å²) in [5.74, 6) is -0.890. The molecule has 1 aromatic rings. The Morgan fingerprint density at radius 2 is 1.82 bits per heavy atom. The summed E-state index contributed by atoms with van der Waals surface area (Å²) >= 11 is 2.95. The lowest BCUT2D eigenvalue weighted by atomic mass is 9.91. The van der Waals surface area contributed by atoms with Gasteiger partial charge in [0.25, 0.3) is 0 Å². The van der Waals surface area contributed by atoms with E-state index in [9.17, 15) is 8.78 Å². The van der Waals surface area contributed by atoms with E-state index in [1.165, 1.54) is 6.07 Å². The first-order valence-electron chi connectivity index (χ1n) is 5.68. The normalized spacial score (nSPS) is 11.6. The molecule has 0 aliphatic rings.